The fraction of sp³-hybridized carbons (Fsp3) is 0.0526. The molecule has 3 rings (SSSR count). The van der Waals surface area contributed by atoms with Crippen LogP contribution in [0, 0.1) is 15.9 Å². The zero-order valence-electron chi connectivity index (χ0n) is 14.7. The Balaban J connectivity index is 1.55. The maximum absolute atomic E-state index is 13.2. The second kappa shape index (κ2) is 8.98. The zero-order chi connectivity index (χ0) is 20.8. The normalized spacial score (nSPS) is 10.8. The Kier molecular flexibility index (Phi) is 6.20. The van der Waals surface area contributed by atoms with Gasteiger partial charge in [-0.2, -0.15) is 5.10 Å². The quantitative estimate of drug-likeness (QED) is 0.352. The van der Waals surface area contributed by atoms with Crippen LogP contribution in [0.5, 0.6) is 5.75 Å². The van der Waals surface area contributed by atoms with Crippen LogP contribution in [-0.4, -0.2) is 23.7 Å². The topological polar surface area (TPSA) is 107 Å². The molecular weight excluding hydrogens is 405 g/mol. The molecule has 1 N–H and O–H groups in total. The van der Waals surface area contributed by atoms with Crippen molar-refractivity contribution in [2.75, 3.05) is 6.61 Å². The number of benzene rings is 2. The number of ether oxygens (including phenoxy) is 1. The first-order valence-electron chi connectivity index (χ1n) is 8.17. The molecule has 0 aliphatic carbocycles. The lowest BCUT2D eigenvalue weighted by atomic mass is 10.2. The highest BCUT2D eigenvalue weighted by Gasteiger charge is 2.14. The Morgan fingerprint density at radius 3 is 2.83 bits per heavy atom. The fourth-order valence-corrected chi connectivity index (χ4v) is 2.48. The molecule has 29 heavy (non-hydrogen) atoms. The maximum atomic E-state index is 13.2. The number of amides is 1. The van der Waals surface area contributed by atoms with Crippen molar-refractivity contribution in [3.05, 3.63) is 81.3 Å². The Labute approximate surface area is 168 Å². The zero-order valence-corrected chi connectivity index (χ0v) is 15.4. The van der Waals surface area contributed by atoms with Crippen molar-refractivity contribution in [2.24, 2.45) is 5.10 Å². The average Bonchev–Trinajstić information content (AvgIpc) is 3.17. The van der Waals surface area contributed by atoms with E-state index in [9.17, 15) is 19.3 Å². The van der Waals surface area contributed by atoms with E-state index in [4.69, 9.17) is 20.8 Å². The molecule has 0 radical (unpaired) electrons. The first-order chi connectivity index (χ1) is 13.9. The molecule has 0 aliphatic rings. The molecule has 0 atom stereocenters. The fourth-order valence-electron chi connectivity index (χ4n) is 2.30. The molecule has 10 heteroatoms. The summed E-state index contributed by atoms with van der Waals surface area (Å²) >= 11 is 5.75. The summed E-state index contributed by atoms with van der Waals surface area (Å²) in [6.45, 7) is -0.459. The van der Waals surface area contributed by atoms with E-state index in [1.165, 1.54) is 42.6 Å². The predicted octanol–water partition coefficient (Wildman–Crippen LogP) is 4.18. The molecule has 8 nitrogen and oxygen atoms in total. The summed E-state index contributed by atoms with van der Waals surface area (Å²) < 4.78 is 23.9. The molecule has 3 aromatic rings. The summed E-state index contributed by atoms with van der Waals surface area (Å²) in [6, 6.07) is 13.1. The molecule has 2 aromatic carbocycles. The Hall–Kier alpha value is -3.72. The first kappa shape index (κ1) is 20.0. The van der Waals surface area contributed by atoms with Crippen molar-refractivity contribution in [1.29, 1.82) is 0 Å². The number of halogens is 2. The van der Waals surface area contributed by atoms with Gasteiger partial charge in [0.25, 0.3) is 5.91 Å². The number of furan rings is 1. The van der Waals surface area contributed by atoms with Crippen molar-refractivity contribution in [2.45, 2.75) is 0 Å². The van der Waals surface area contributed by atoms with Crippen LogP contribution in [0.15, 0.2) is 64.1 Å². The summed E-state index contributed by atoms with van der Waals surface area (Å²) in [5, 5.41) is 14.6. The number of nitrogens with zero attached hydrogens (tertiary/aromatic N) is 2. The van der Waals surface area contributed by atoms with Crippen molar-refractivity contribution in [1.82, 2.24) is 5.43 Å². The van der Waals surface area contributed by atoms with E-state index >= 15 is 0 Å². The van der Waals surface area contributed by atoms with Crippen LogP contribution in [0.1, 0.15) is 5.76 Å². The SMILES string of the molecule is O=C(COc1ccccc1[N+](=O)[O-])N/N=C\c1ccc(-c2ccc(F)c(Cl)c2)o1. The molecule has 0 aliphatic heterocycles. The second-order valence-corrected chi connectivity index (χ2v) is 6.04. The van der Waals surface area contributed by atoms with Crippen LogP contribution in [0.2, 0.25) is 5.02 Å². The van der Waals surface area contributed by atoms with Gasteiger partial charge in [-0.15, -0.1) is 0 Å². The third-order valence-corrected chi connectivity index (χ3v) is 3.92. The van der Waals surface area contributed by atoms with Gasteiger partial charge >= 0.3 is 5.69 Å². The van der Waals surface area contributed by atoms with Gasteiger partial charge in [0.2, 0.25) is 0 Å². The number of para-hydroxylation sites is 2. The Morgan fingerprint density at radius 2 is 2.07 bits per heavy atom. The standard InChI is InChI=1S/C19H13ClFN3O5/c20-14-9-12(5-7-15(14)21)17-8-6-13(29-17)10-22-23-19(25)11-28-18-4-2-1-3-16(18)24(26)27/h1-10H,11H2,(H,23,25)/b22-10-. The highest BCUT2D eigenvalue weighted by Crippen LogP contribution is 2.26. The maximum Gasteiger partial charge on any atom is 0.310 e. The number of carbonyl (C=O) groups is 1. The highest BCUT2D eigenvalue weighted by atomic mass is 35.5. The molecular formula is C19H13ClFN3O5. The van der Waals surface area contributed by atoms with Gasteiger partial charge in [0, 0.05) is 11.6 Å². The van der Waals surface area contributed by atoms with Gasteiger partial charge in [0.05, 0.1) is 16.2 Å². The minimum atomic E-state index is -0.614. The van der Waals surface area contributed by atoms with E-state index < -0.39 is 23.3 Å². The molecule has 0 unspecified atom stereocenters. The number of nitro groups is 1. The average molecular weight is 418 g/mol. The third kappa shape index (κ3) is 5.17. The molecule has 1 aromatic heterocycles. The van der Waals surface area contributed by atoms with Crippen LogP contribution in [-0.2, 0) is 4.79 Å². The smallest absolute Gasteiger partial charge is 0.310 e. The lowest BCUT2D eigenvalue weighted by molar-refractivity contribution is -0.385. The number of nitro benzene ring substituents is 1. The lowest BCUT2D eigenvalue weighted by Gasteiger charge is -2.05. The number of nitrogens with one attached hydrogen (secondary N) is 1. The molecule has 0 saturated carbocycles. The predicted molar refractivity (Wildman–Crippen MR) is 103 cm³/mol. The van der Waals surface area contributed by atoms with Crippen molar-refractivity contribution in [3.8, 4) is 17.1 Å². The third-order valence-electron chi connectivity index (χ3n) is 3.63. The van der Waals surface area contributed by atoms with E-state index in [1.807, 2.05) is 0 Å². The first-order valence-corrected chi connectivity index (χ1v) is 8.55. The summed E-state index contributed by atoms with van der Waals surface area (Å²) in [6.07, 6.45) is 1.26. The van der Waals surface area contributed by atoms with E-state index in [1.54, 1.807) is 18.2 Å². The number of rotatable bonds is 7. The molecule has 1 heterocycles. The van der Waals surface area contributed by atoms with E-state index in [0.29, 0.717) is 17.1 Å². The van der Waals surface area contributed by atoms with Gasteiger partial charge < -0.3 is 9.15 Å². The van der Waals surface area contributed by atoms with Crippen molar-refractivity contribution < 1.29 is 23.3 Å². The van der Waals surface area contributed by atoms with Gasteiger partial charge in [0.15, 0.2) is 12.4 Å². The highest BCUT2D eigenvalue weighted by molar-refractivity contribution is 6.31. The van der Waals surface area contributed by atoms with Crippen LogP contribution in [0.4, 0.5) is 10.1 Å². The van der Waals surface area contributed by atoms with Crippen molar-refractivity contribution in [3.63, 3.8) is 0 Å². The molecule has 148 valence electrons. The Bertz CT molecular complexity index is 1080. The van der Waals surface area contributed by atoms with E-state index in [0.717, 1.165) is 0 Å². The van der Waals surface area contributed by atoms with Crippen molar-refractivity contribution >= 4 is 29.4 Å². The molecule has 0 saturated heterocycles. The second-order valence-electron chi connectivity index (χ2n) is 5.64. The summed E-state index contributed by atoms with van der Waals surface area (Å²) in [5.74, 6) is -0.393. The minimum Gasteiger partial charge on any atom is -0.477 e. The lowest BCUT2D eigenvalue weighted by Crippen LogP contribution is -2.24. The van der Waals surface area contributed by atoms with E-state index in [-0.39, 0.29) is 16.5 Å². The number of hydrazone groups is 1. The van der Waals surface area contributed by atoms with E-state index in [2.05, 4.69) is 10.5 Å². The van der Waals surface area contributed by atoms with Gasteiger partial charge in [-0.1, -0.05) is 23.7 Å². The summed E-state index contributed by atoms with van der Waals surface area (Å²) in [5.41, 5.74) is 2.56. The Morgan fingerprint density at radius 1 is 1.28 bits per heavy atom. The number of hydrogen-bond donors (Lipinski definition) is 1. The van der Waals surface area contributed by atoms with Gasteiger partial charge in [-0.3, -0.25) is 14.9 Å². The largest absolute Gasteiger partial charge is 0.477 e. The number of carbonyl (C=O) groups excluding carboxylic acids is 1. The number of hydrogen-bond acceptors (Lipinski definition) is 6. The monoisotopic (exact) mass is 417 g/mol. The van der Waals surface area contributed by atoms with Gasteiger partial charge in [0.1, 0.15) is 17.3 Å². The van der Waals surface area contributed by atoms with Crippen LogP contribution >= 0.6 is 11.6 Å². The van der Waals surface area contributed by atoms with Gasteiger partial charge in [-0.25, -0.2) is 9.82 Å². The summed E-state index contributed by atoms with van der Waals surface area (Å²) in [4.78, 5) is 22.1. The molecule has 0 spiro atoms. The minimum absolute atomic E-state index is 0.0229. The molecule has 0 fully saturated rings. The van der Waals surface area contributed by atoms with Crippen LogP contribution in [0.3, 0.4) is 0 Å². The molecule has 1 amide bonds. The molecule has 0 bridgehead atoms. The summed E-state index contributed by atoms with van der Waals surface area (Å²) in [7, 11) is 0. The van der Waals surface area contributed by atoms with Crippen LogP contribution in [0.25, 0.3) is 11.3 Å². The van der Waals surface area contributed by atoms with Gasteiger partial charge in [-0.05, 0) is 36.4 Å². The van der Waals surface area contributed by atoms with Crippen LogP contribution < -0.4 is 10.2 Å².